The summed E-state index contributed by atoms with van der Waals surface area (Å²) in [6.45, 7) is 1.48. The normalized spacial score (nSPS) is 21.3. The van der Waals surface area contributed by atoms with Crippen molar-refractivity contribution in [1.82, 2.24) is 4.90 Å². The molecule has 2 fully saturated rings. The van der Waals surface area contributed by atoms with E-state index in [0.717, 1.165) is 5.75 Å². The number of nitrogens with zero attached hydrogens (tertiary/aromatic N) is 1. The Bertz CT molecular complexity index is 436. The zero-order valence-corrected chi connectivity index (χ0v) is 10.3. The molecule has 0 atom stereocenters. The van der Waals surface area contributed by atoms with E-state index in [2.05, 4.69) is 0 Å². The van der Waals surface area contributed by atoms with Gasteiger partial charge in [-0.25, -0.2) is 0 Å². The van der Waals surface area contributed by atoms with E-state index in [0.29, 0.717) is 19.0 Å². The third kappa shape index (κ3) is 2.20. The molecular weight excluding hydrogens is 228 g/mol. The molecule has 1 aromatic carbocycles. The maximum atomic E-state index is 11.9. The summed E-state index contributed by atoms with van der Waals surface area (Å²) < 4.78 is 5.44. The number of rotatable bonds is 4. The minimum atomic E-state index is -0.109. The van der Waals surface area contributed by atoms with E-state index in [4.69, 9.17) is 10.5 Å². The van der Waals surface area contributed by atoms with Crippen LogP contribution < -0.4 is 10.5 Å². The second-order valence-corrected chi connectivity index (χ2v) is 5.36. The first-order chi connectivity index (χ1) is 8.67. The fourth-order valence-corrected chi connectivity index (χ4v) is 2.51. The summed E-state index contributed by atoms with van der Waals surface area (Å²) in [5, 5.41) is 0. The minimum absolute atomic E-state index is 0.0283. The summed E-state index contributed by atoms with van der Waals surface area (Å²) in [6, 6.07) is 9.40. The molecule has 0 unspecified atom stereocenters. The van der Waals surface area contributed by atoms with Gasteiger partial charge in [-0.15, -0.1) is 0 Å². The molecular formula is C14H18N2O2. The van der Waals surface area contributed by atoms with Gasteiger partial charge in [-0.1, -0.05) is 18.2 Å². The summed E-state index contributed by atoms with van der Waals surface area (Å²) in [6.07, 6.45) is 2.44. The van der Waals surface area contributed by atoms with Gasteiger partial charge in [0.1, 0.15) is 5.75 Å². The van der Waals surface area contributed by atoms with E-state index >= 15 is 0 Å². The maximum absolute atomic E-state index is 11.9. The highest BCUT2D eigenvalue weighted by Crippen LogP contribution is 2.42. The number of nitrogens with two attached hydrogens (primary N) is 1. The smallest absolute Gasteiger partial charge is 0.260 e. The predicted octanol–water partition coefficient (Wildman–Crippen LogP) is 1.02. The van der Waals surface area contributed by atoms with E-state index in [1.54, 1.807) is 4.90 Å². The summed E-state index contributed by atoms with van der Waals surface area (Å²) in [4.78, 5) is 13.7. The molecule has 1 saturated carbocycles. The van der Waals surface area contributed by atoms with Crippen LogP contribution in [0.2, 0.25) is 0 Å². The van der Waals surface area contributed by atoms with Gasteiger partial charge in [0.25, 0.3) is 5.91 Å². The van der Waals surface area contributed by atoms with Gasteiger partial charge in [0, 0.05) is 13.1 Å². The molecule has 1 aromatic rings. The van der Waals surface area contributed by atoms with Gasteiger partial charge in [0.05, 0.1) is 5.54 Å². The van der Waals surface area contributed by atoms with E-state index < -0.39 is 0 Å². The molecule has 1 aliphatic heterocycles. The van der Waals surface area contributed by atoms with Crippen LogP contribution in [-0.4, -0.2) is 36.0 Å². The number of hydrogen-bond acceptors (Lipinski definition) is 3. The Balaban J connectivity index is 1.46. The highest BCUT2D eigenvalue weighted by molar-refractivity contribution is 5.79. The molecule has 4 nitrogen and oxygen atoms in total. The molecule has 2 N–H and O–H groups in total. The molecule has 3 rings (SSSR count). The predicted molar refractivity (Wildman–Crippen MR) is 68.2 cm³/mol. The van der Waals surface area contributed by atoms with Crippen LogP contribution in [0.25, 0.3) is 0 Å². The van der Waals surface area contributed by atoms with Gasteiger partial charge < -0.3 is 15.4 Å². The van der Waals surface area contributed by atoms with Gasteiger partial charge in [0.15, 0.2) is 6.61 Å². The van der Waals surface area contributed by atoms with Crippen LogP contribution in [-0.2, 0) is 4.79 Å². The number of ether oxygens (including phenoxy) is 1. The van der Waals surface area contributed by atoms with Crippen molar-refractivity contribution < 1.29 is 9.53 Å². The number of carbonyl (C=O) groups is 1. The van der Waals surface area contributed by atoms with Gasteiger partial charge in [-0.3, -0.25) is 4.79 Å². The van der Waals surface area contributed by atoms with Crippen LogP contribution in [0.1, 0.15) is 12.8 Å². The Hall–Kier alpha value is -1.55. The zero-order valence-electron chi connectivity index (χ0n) is 10.3. The molecule has 4 heteroatoms. The topological polar surface area (TPSA) is 55.6 Å². The summed E-state index contributed by atoms with van der Waals surface area (Å²) >= 11 is 0. The first-order valence-corrected chi connectivity index (χ1v) is 6.42. The molecule has 0 aromatic heterocycles. The monoisotopic (exact) mass is 246 g/mol. The van der Waals surface area contributed by atoms with Crippen LogP contribution in [0.3, 0.4) is 0 Å². The van der Waals surface area contributed by atoms with E-state index in [1.807, 2.05) is 30.3 Å². The van der Waals surface area contributed by atoms with Crippen LogP contribution >= 0.6 is 0 Å². The van der Waals surface area contributed by atoms with E-state index in [-0.39, 0.29) is 18.1 Å². The van der Waals surface area contributed by atoms with Crippen LogP contribution in [0.15, 0.2) is 30.3 Å². The molecule has 1 saturated heterocycles. The first kappa shape index (κ1) is 11.5. The van der Waals surface area contributed by atoms with E-state index in [1.165, 1.54) is 12.8 Å². The Labute approximate surface area is 107 Å². The first-order valence-electron chi connectivity index (χ1n) is 6.42. The van der Waals surface area contributed by atoms with Crippen LogP contribution in [0, 0.1) is 5.92 Å². The highest BCUT2D eigenvalue weighted by Gasteiger charge is 2.51. The van der Waals surface area contributed by atoms with Crippen molar-refractivity contribution in [2.24, 2.45) is 11.7 Å². The van der Waals surface area contributed by atoms with E-state index in [9.17, 15) is 4.79 Å². The average Bonchev–Trinajstić information content (AvgIpc) is 3.18. The minimum Gasteiger partial charge on any atom is -0.484 e. The fraction of sp³-hybridized carbons (Fsp3) is 0.500. The molecule has 18 heavy (non-hydrogen) atoms. The largest absolute Gasteiger partial charge is 0.484 e. The van der Waals surface area contributed by atoms with Crippen molar-refractivity contribution >= 4 is 5.91 Å². The Morgan fingerprint density at radius 1 is 1.33 bits per heavy atom. The number of benzene rings is 1. The second kappa shape index (κ2) is 4.28. The molecule has 0 radical (unpaired) electrons. The lowest BCUT2D eigenvalue weighted by molar-refractivity contribution is -0.141. The van der Waals surface area contributed by atoms with Crippen molar-refractivity contribution in [3.05, 3.63) is 30.3 Å². The van der Waals surface area contributed by atoms with Crippen LogP contribution in [0.5, 0.6) is 5.75 Å². The number of hydrogen-bond donors (Lipinski definition) is 1. The molecule has 96 valence electrons. The van der Waals surface area contributed by atoms with Gasteiger partial charge >= 0.3 is 0 Å². The second-order valence-electron chi connectivity index (χ2n) is 5.36. The Kier molecular flexibility index (Phi) is 2.74. The number of amides is 1. The maximum Gasteiger partial charge on any atom is 0.260 e. The SMILES string of the molecule is NC1(C2CC2)CN(C(=O)COc2ccccc2)C1. The standard InChI is InChI=1S/C14H18N2O2/c15-14(11-6-7-11)9-16(10-14)13(17)8-18-12-4-2-1-3-5-12/h1-5,11H,6-10,15H2. The zero-order chi connectivity index (χ0) is 12.6. The lowest BCUT2D eigenvalue weighted by Gasteiger charge is -2.48. The summed E-state index contributed by atoms with van der Waals surface area (Å²) in [7, 11) is 0. The van der Waals surface area contributed by atoms with Crippen molar-refractivity contribution in [2.75, 3.05) is 19.7 Å². The average molecular weight is 246 g/mol. The molecule has 2 aliphatic rings. The lowest BCUT2D eigenvalue weighted by Crippen LogP contribution is -2.70. The van der Waals surface area contributed by atoms with Crippen molar-refractivity contribution in [3.8, 4) is 5.75 Å². The van der Waals surface area contributed by atoms with Crippen molar-refractivity contribution in [2.45, 2.75) is 18.4 Å². The summed E-state index contributed by atoms with van der Waals surface area (Å²) in [5.41, 5.74) is 6.10. The fourth-order valence-electron chi connectivity index (χ4n) is 2.51. The van der Waals surface area contributed by atoms with Crippen LogP contribution in [0.4, 0.5) is 0 Å². The highest BCUT2D eigenvalue weighted by atomic mass is 16.5. The van der Waals surface area contributed by atoms with Crippen molar-refractivity contribution in [1.29, 1.82) is 0 Å². The number of carbonyl (C=O) groups excluding carboxylic acids is 1. The summed E-state index contributed by atoms with van der Waals surface area (Å²) in [5.74, 6) is 1.39. The van der Waals surface area contributed by atoms with Gasteiger partial charge in [-0.2, -0.15) is 0 Å². The quantitative estimate of drug-likeness (QED) is 0.862. The number of para-hydroxylation sites is 1. The lowest BCUT2D eigenvalue weighted by atomic mass is 9.86. The molecule has 1 aliphatic carbocycles. The Morgan fingerprint density at radius 2 is 2.00 bits per heavy atom. The molecule has 0 bridgehead atoms. The molecule has 1 heterocycles. The molecule has 0 spiro atoms. The third-order valence-electron chi connectivity index (χ3n) is 3.82. The van der Waals surface area contributed by atoms with Gasteiger partial charge in [-0.05, 0) is 30.9 Å². The van der Waals surface area contributed by atoms with Gasteiger partial charge in [0.2, 0.25) is 0 Å². The number of likely N-dealkylation sites (tertiary alicyclic amines) is 1. The third-order valence-corrected chi connectivity index (χ3v) is 3.82. The Morgan fingerprint density at radius 3 is 2.61 bits per heavy atom. The van der Waals surface area contributed by atoms with Crippen molar-refractivity contribution in [3.63, 3.8) is 0 Å². The molecule has 1 amide bonds.